The van der Waals surface area contributed by atoms with Gasteiger partial charge in [-0.05, 0) is 25.0 Å². The summed E-state index contributed by atoms with van der Waals surface area (Å²) in [5.74, 6) is -0.164. The first-order valence-corrected chi connectivity index (χ1v) is 9.16. The third-order valence-electron chi connectivity index (χ3n) is 6.21. The summed E-state index contributed by atoms with van der Waals surface area (Å²) in [6.07, 6.45) is 9.76. The van der Waals surface area contributed by atoms with E-state index in [2.05, 4.69) is 5.32 Å². The average Bonchev–Trinajstić information content (AvgIpc) is 3.39. The first-order valence-electron chi connectivity index (χ1n) is 9.16. The van der Waals surface area contributed by atoms with Gasteiger partial charge in [0.1, 0.15) is 11.4 Å². The van der Waals surface area contributed by atoms with Crippen LogP contribution in [0.4, 0.5) is 0 Å². The van der Waals surface area contributed by atoms with Gasteiger partial charge in [-0.3, -0.25) is 9.59 Å². The third kappa shape index (κ3) is 2.20. The molecule has 1 aliphatic carbocycles. The summed E-state index contributed by atoms with van der Waals surface area (Å²) in [5, 5.41) is 2.91. The van der Waals surface area contributed by atoms with E-state index >= 15 is 0 Å². The van der Waals surface area contributed by atoms with E-state index in [1.807, 2.05) is 23.1 Å². The molecule has 0 radical (unpaired) electrons. The summed E-state index contributed by atoms with van der Waals surface area (Å²) >= 11 is 0. The molecule has 2 bridgehead atoms. The molecule has 1 saturated carbocycles. The SMILES string of the molecule is O=C(NCc1ccco1)C1C2C=CC3(CN(C4CCCC4)C(=O)C13)O2. The molecule has 6 nitrogen and oxygen atoms in total. The van der Waals surface area contributed by atoms with Gasteiger partial charge in [-0.25, -0.2) is 0 Å². The fraction of sp³-hybridized carbons (Fsp3) is 0.579. The van der Waals surface area contributed by atoms with Crippen molar-refractivity contribution in [2.24, 2.45) is 11.8 Å². The lowest BCUT2D eigenvalue weighted by atomic mass is 9.77. The van der Waals surface area contributed by atoms with Crippen molar-refractivity contribution in [3.8, 4) is 0 Å². The zero-order chi connectivity index (χ0) is 17.0. The predicted octanol–water partition coefficient (Wildman–Crippen LogP) is 1.62. The molecule has 2 saturated heterocycles. The molecule has 4 heterocycles. The van der Waals surface area contributed by atoms with Crippen LogP contribution in [-0.4, -0.2) is 41.0 Å². The van der Waals surface area contributed by atoms with Crippen molar-refractivity contribution in [3.05, 3.63) is 36.3 Å². The van der Waals surface area contributed by atoms with Crippen LogP contribution in [0.25, 0.3) is 0 Å². The highest BCUT2D eigenvalue weighted by atomic mass is 16.5. The van der Waals surface area contributed by atoms with Gasteiger partial charge in [0.05, 0.1) is 37.3 Å². The van der Waals surface area contributed by atoms with Crippen LogP contribution in [-0.2, 0) is 20.9 Å². The van der Waals surface area contributed by atoms with E-state index in [9.17, 15) is 9.59 Å². The molecule has 1 aromatic heterocycles. The van der Waals surface area contributed by atoms with E-state index in [0.717, 1.165) is 12.8 Å². The molecule has 3 fully saturated rings. The molecule has 4 aliphatic rings. The van der Waals surface area contributed by atoms with Crippen LogP contribution in [0.5, 0.6) is 0 Å². The van der Waals surface area contributed by atoms with Gasteiger partial charge < -0.3 is 19.4 Å². The van der Waals surface area contributed by atoms with Crippen molar-refractivity contribution in [2.75, 3.05) is 6.54 Å². The van der Waals surface area contributed by atoms with Gasteiger partial charge in [0.2, 0.25) is 11.8 Å². The Hall–Kier alpha value is -2.08. The molecular weight excluding hydrogens is 320 g/mol. The number of hydrogen-bond donors (Lipinski definition) is 1. The van der Waals surface area contributed by atoms with Gasteiger partial charge in [0.25, 0.3) is 0 Å². The molecule has 2 amide bonds. The number of fused-ring (bicyclic) bond motifs is 1. The Kier molecular flexibility index (Phi) is 3.32. The number of ether oxygens (including phenoxy) is 1. The van der Waals surface area contributed by atoms with Gasteiger partial charge in [-0.1, -0.05) is 25.0 Å². The molecule has 4 atom stereocenters. The molecule has 25 heavy (non-hydrogen) atoms. The first kappa shape index (κ1) is 15.2. The maximum Gasteiger partial charge on any atom is 0.230 e. The van der Waals surface area contributed by atoms with Crippen molar-refractivity contribution in [2.45, 2.75) is 50.0 Å². The number of rotatable bonds is 4. The van der Waals surface area contributed by atoms with Gasteiger partial charge >= 0.3 is 0 Å². The van der Waals surface area contributed by atoms with Crippen molar-refractivity contribution in [1.82, 2.24) is 10.2 Å². The van der Waals surface area contributed by atoms with Crippen LogP contribution in [0.1, 0.15) is 31.4 Å². The zero-order valence-corrected chi connectivity index (χ0v) is 14.0. The minimum Gasteiger partial charge on any atom is -0.467 e. The molecule has 3 aliphatic heterocycles. The number of hydrogen-bond acceptors (Lipinski definition) is 4. The summed E-state index contributed by atoms with van der Waals surface area (Å²) in [7, 11) is 0. The maximum absolute atomic E-state index is 13.1. The number of amides is 2. The second kappa shape index (κ2) is 5.46. The lowest BCUT2D eigenvalue weighted by Gasteiger charge is -2.26. The molecule has 0 aromatic carbocycles. The molecule has 4 unspecified atom stereocenters. The van der Waals surface area contributed by atoms with Gasteiger partial charge in [-0.2, -0.15) is 0 Å². The fourth-order valence-corrected chi connectivity index (χ4v) is 5.06. The van der Waals surface area contributed by atoms with Crippen LogP contribution in [0, 0.1) is 11.8 Å². The van der Waals surface area contributed by atoms with Crippen LogP contribution in [0.3, 0.4) is 0 Å². The normalized spacial score (nSPS) is 36.4. The van der Waals surface area contributed by atoms with Gasteiger partial charge in [0, 0.05) is 6.04 Å². The van der Waals surface area contributed by atoms with E-state index in [1.165, 1.54) is 12.8 Å². The topological polar surface area (TPSA) is 71.8 Å². The Balaban J connectivity index is 1.36. The molecule has 5 rings (SSSR count). The molecule has 1 aromatic rings. The maximum atomic E-state index is 13.1. The van der Waals surface area contributed by atoms with Crippen LogP contribution in [0.2, 0.25) is 0 Å². The monoisotopic (exact) mass is 342 g/mol. The lowest BCUT2D eigenvalue weighted by Crippen LogP contribution is -2.44. The highest BCUT2D eigenvalue weighted by Crippen LogP contribution is 2.52. The number of furan rings is 1. The number of likely N-dealkylation sites (tertiary alicyclic amines) is 1. The lowest BCUT2D eigenvalue weighted by molar-refractivity contribution is -0.138. The molecular formula is C19H22N2O4. The molecule has 1 spiro atoms. The van der Waals surface area contributed by atoms with Crippen molar-refractivity contribution in [1.29, 1.82) is 0 Å². The minimum atomic E-state index is -0.600. The van der Waals surface area contributed by atoms with E-state index in [0.29, 0.717) is 24.9 Å². The molecule has 132 valence electrons. The number of nitrogens with zero attached hydrogens (tertiary/aromatic N) is 1. The van der Waals surface area contributed by atoms with Crippen LogP contribution >= 0.6 is 0 Å². The van der Waals surface area contributed by atoms with Gasteiger partial charge in [-0.15, -0.1) is 0 Å². The van der Waals surface area contributed by atoms with E-state index in [-0.39, 0.29) is 23.8 Å². The summed E-state index contributed by atoms with van der Waals surface area (Å²) < 4.78 is 11.4. The quantitative estimate of drug-likeness (QED) is 0.844. The Morgan fingerprint density at radius 3 is 2.96 bits per heavy atom. The van der Waals surface area contributed by atoms with E-state index in [4.69, 9.17) is 9.15 Å². The highest BCUT2D eigenvalue weighted by Gasteiger charge is 2.67. The third-order valence-corrected chi connectivity index (χ3v) is 6.21. The second-order valence-corrected chi connectivity index (χ2v) is 7.60. The molecule has 1 N–H and O–H groups in total. The largest absolute Gasteiger partial charge is 0.467 e. The second-order valence-electron chi connectivity index (χ2n) is 7.60. The fourth-order valence-electron chi connectivity index (χ4n) is 5.06. The van der Waals surface area contributed by atoms with Crippen LogP contribution in [0.15, 0.2) is 35.0 Å². The summed E-state index contributed by atoms with van der Waals surface area (Å²) in [5.41, 5.74) is -0.600. The van der Waals surface area contributed by atoms with Crippen molar-refractivity contribution < 1.29 is 18.7 Å². The van der Waals surface area contributed by atoms with Crippen molar-refractivity contribution in [3.63, 3.8) is 0 Å². The number of carbonyl (C=O) groups is 2. The Labute approximate surface area is 146 Å². The Morgan fingerprint density at radius 1 is 1.36 bits per heavy atom. The summed E-state index contributed by atoms with van der Waals surface area (Å²) in [6, 6.07) is 3.93. The van der Waals surface area contributed by atoms with Crippen LogP contribution < -0.4 is 5.32 Å². The number of carbonyl (C=O) groups excluding carboxylic acids is 2. The standard InChI is InChI=1S/C19H22N2O4/c22-17(20-10-13-6-3-9-24-13)15-14-7-8-19(25-14)11-21(18(23)16(15)19)12-4-1-2-5-12/h3,6-9,12,14-16H,1-2,4-5,10-11H2,(H,20,22). The summed E-state index contributed by atoms with van der Waals surface area (Å²) in [6.45, 7) is 0.926. The number of nitrogens with one attached hydrogen (secondary N) is 1. The van der Waals surface area contributed by atoms with E-state index in [1.54, 1.807) is 12.3 Å². The average molecular weight is 342 g/mol. The minimum absolute atomic E-state index is 0.0944. The van der Waals surface area contributed by atoms with Gasteiger partial charge in [0.15, 0.2) is 0 Å². The molecule has 6 heteroatoms. The highest BCUT2D eigenvalue weighted by molar-refractivity contribution is 5.93. The Morgan fingerprint density at radius 2 is 2.20 bits per heavy atom. The first-order chi connectivity index (χ1) is 12.2. The predicted molar refractivity (Wildman–Crippen MR) is 88.2 cm³/mol. The Bertz CT molecular complexity index is 722. The zero-order valence-electron chi connectivity index (χ0n) is 14.0. The summed E-state index contributed by atoms with van der Waals surface area (Å²) in [4.78, 5) is 27.9. The van der Waals surface area contributed by atoms with Crippen molar-refractivity contribution >= 4 is 11.8 Å². The van der Waals surface area contributed by atoms with E-state index < -0.39 is 11.5 Å². The smallest absolute Gasteiger partial charge is 0.230 e.